The van der Waals surface area contributed by atoms with Crippen molar-refractivity contribution in [1.82, 2.24) is 9.97 Å². The highest BCUT2D eigenvalue weighted by atomic mass is 16.5. The first-order valence-electron chi connectivity index (χ1n) is 8.86. The summed E-state index contributed by atoms with van der Waals surface area (Å²) in [6.07, 6.45) is 1.55. The number of H-pyrrole nitrogens is 1. The van der Waals surface area contributed by atoms with Gasteiger partial charge in [0.15, 0.2) is 11.5 Å². The number of ether oxygens (including phenoxy) is 2. The van der Waals surface area contributed by atoms with Crippen molar-refractivity contribution in [3.05, 3.63) is 70.0 Å². The number of hydrazone groups is 1. The van der Waals surface area contributed by atoms with Gasteiger partial charge in [-0.25, -0.2) is 10.4 Å². The third-order valence-corrected chi connectivity index (χ3v) is 3.95. The van der Waals surface area contributed by atoms with E-state index in [9.17, 15) is 10.1 Å². The average molecular weight is 389 g/mol. The Morgan fingerprint density at radius 1 is 1.24 bits per heavy atom. The molecule has 0 saturated heterocycles. The largest absolute Gasteiger partial charge is 0.493 e. The maximum Gasteiger partial charge on any atom is 0.270 e. The third-order valence-electron chi connectivity index (χ3n) is 3.95. The van der Waals surface area contributed by atoms with Gasteiger partial charge < -0.3 is 9.47 Å². The molecule has 146 valence electrons. The van der Waals surface area contributed by atoms with Crippen LogP contribution in [-0.2, 0) is 0 Å². The van der Waals surface area contributed by atoms with E-state index in [1.54, 1.807) is 37.6 Å². The molecule has 0 saturated carbocycles. The van der Waals surface area contributed by atoms with E-state index in [-0.39, 0.29) is 17.2 Å². The van der Waals surface area contributed by atoms with Crippen LogP contribution in [0.3, 0.4) is 0 Å². The molecule has 0 aliphatic heterocycles. The molecule has 0 spiro atoms. The van der Waals surface area contributed by atoms with E-state index in [0.717, 1.165) is 5.56 Å². The summed E-state index contributed by atoms with van der Waals surface area (Å²) in [6.45, 7) is 2.43. The van der Waals surface area contributed by atoms with Crippen molar-refractivity contribution in [3.8, 4) is 28.8 Å². The average Bonchev–Trinajstić information content (AvgIpc) is 2.75. The lowest BCUT2D eigenvalue weighted by Gasteiger charge is -2.09. The monoisotopic (exact) mass is 389 g/mol. The molecule has 2 aromatic carbocycles. The first-order valence-corrected chi connectivity index (χ1v) is 8.86. The Kier molecular flexibility index (Phi) is 6.22. The summed E-state index contributed by atoms with van der Waals surface area (Å²) < 4.78 is 10.8. The molecule has 0 unspecified atom stereocenters. The standard InChI is InChI=1S/C21H19N5O3/c1-3-29-17-10-9-14(11-18(17)28-2)13-23-26-21-24-19(15-7-5-4-6-8-15)16(12-22)20(27)25-21/h4-11,13H,3H2,1-2H3,(H2,24,25,26,27). The Bertz CT molecular complexity index is 1120. The van der Waals surface area contributed by atoms with Gasteiger partial charge in [0.05, 0.1) is 25.6 Å². The van der Waals surface area contributed by atoms with Gasteiger partial charge >= 0.3 is 0 Å². The second kappa shape index (κ2) is 9.19. The van der Waals surface area contributed by atoms with E-state index >= 15 is 0 Å². The van der Waals surface area contributed by atoms with E-state index in [1.165, 1.54) is 0 Å². The summed E-state index contributed by atoms with van der Waals surface area (Å²) in [5, 5.41) is 13.4. The van der Waals surface area contributed by atoms with Crippen LogP contribution < -0.4 is 20.5 Å². The maximum atomic E-state index is 12.2. The van der Waals surface area contributed by atoms with Crippen molar-refractivity contribution in [1.29, 1.82) is 5.26 Å². The number of anilines is 1. The van der Waals surface area contributed by atoms with Gasteiger partial charge in [-0.15, -0.1) is 0 Å². The minimum atomic E-state index is -0.540. The molecule has 8 nitrogen and oxygen atoms in total. The van der Waals surface area contributed by atoms with Crippen molar-refractivity contribution < 1.29 is 9.47 Å². The summed E-state index contributed by atoms with van der Waals surface area (Å²) in [5.41, 5.74) is 3.82. The number of aromatic amines is 1. The van der Waals surface area contributed by atoms with Gasteiger partial charge in [0.1, 0.15) is 11.6 Å². The SMILES string of the molecule is CCOc1ccc(C=NNc2nc(-c3ccccc3)c(C#N)c(=O)[nH]2)cc1OC. The Balaban J connectivity index is 1.85. The molecule has 1 heterocycles. The fraction of sp³-hybridized carbons (Fsp3) is 0.143. The topological polar surface area (TPSA) is 112 Å². The van der Waals surface area contributed by atoms with Crippen molar-refractivity contribution >= 4 is 12.2 Å². The zero-order valence-electron chi connectivity index (χ0n) is 16.0. The number of methoxy groups -OCH3 is 1. The first-order chi connectivity index (χ1) is 14.2. The lowest BCUT2D eigenvalue weighted by molar-refractivity contribution is 0.311. The second-order valence-corrected chi connectivity index (χ2v) is 5.83. The smallest absolute Gasteiger partial charge is 0.270 e. The van der Waals surface area contributed by atoms with Crippen molar-refractivity contribution in [2.75, 3.05) is 19.1 Å². The number of nitrogens with one attached hydrogen (secondary N) is 2. The molecule has 3 rings (SSSR count). The number of nitriles is 1. The molecule has 0 radical (unpaired) electrons. The van der Waals surface area contributed by atoms with Crippen LogP contribution in [0.4, 0.5) is 5.95 Å². The van der Waals surface area contributed by atoms with Crippen LogP contribution >= 0.6 is 0 Å². The molecule has 0 bridgehead atoms. The number of nitrogens with zero attached hydrogens (tertiary/aromatic N) is 3. The molecule has 1 aromatic heterocycles. The molecule has 0 amide bonds. The number of aromatic nitrogens is 2. The quantitative estimate of drug-likeness (QED) is 0.474. The molecule has 0 aliphatic rings. The maximum absolute atomic E-state index is 12.2. The van der Waals surface area contributed by atoms with Crippen LogP contribution in [0.5, 0.6) is 11.5 Å². The van der Waals surface area contributed by atoms with Crippen molar-refractivity contribution in [3.63, 3.8) is 0 Å². The first kappa shape index (κ1) is 19.6. The van der Waals surface area contributed by atoms with Crippen LogP contribution in [0.1, 0.15) is 18.1 Å². The van der Waals surface area contributed by atoms with Gasteiger partial charge in [-0.05, 0) is 30.7 Å². The summed E-state index contributed by atoms with van der Waals surface area (Å²) in [6, 6.07) is 16.3. The fourth-order valence-electron chi connectivity index (χ4n) is 2.64. The predicted molar refractivity (Wildman–Crippen MR) is 110 cm³/mol. The Hall–Kier alpha value is -4.12. The highest BCUT2D eigenvalue weighted by Crippen LogP contribution is 2.27. The molecule has 0 fully saturated rings. The van der Waals surface area contributed by atoms with Crippen molar-refractivity contribution in [2.45, 2.75) is 6.92 Å². The van der Waals surface area contributed by atoms with E-state index in [0.29, 0.717) is 23.7 Å². The lowest BCUT2D eigenvalue weighted by atomic mass is 10.1. The van der Waals surface area contributed by atoms with Crippen LogP contribution in [0, 0.1) is 11.3 Å². The summed E-state index contributed by atoms with van der Waals surface area (Å²) >= 11 is 0. The molecule has 0 atom stereocenters. The van der Waals surface area contributed by atoms with Gasteiger partial charge in [-0.2, -0.15) is 10.4 Å². The van der Waals surface area contributed by atoms with Gasteiger partial charge in [0.2, 0.25) is 5.95 Å². The van der Waals surface area contributed by atoms with Gasteiger partial charge in [-0.1, -0.05) is 30.3 Å². The zero-order chi connectivity index (χ0) is 20.6. The molecule has 29 heavy (non-hydrogen) atoms. The minimum Gasteiger partial charge on any atom is -0.493 e. The third kappa shape index (κ3) is 4.59. The van der Waals surface area contributed by atoms with E-state index in [2.05, 4.69) is 20.5 Å². The van der Waals surface area contributed by atoms with E-state index in [4.69, 9.17) is 9.47 Å². The molecule has 8 heteroatoms. The summed E-state index contributed by atoms with van der Waals surface area (Å²) in [4.78, 5) is 19.1. The highest BCUT2D eigenvalue weighted by molar-refractivity contribution is 5.81. The minimum absolute atomic E-state index is 0.0537. The normalized spacial score (nSPS) is 10.5. The van der Waals surface area contributed by atoms with E-state index < -0.39 is 5.56 Å². The number of hydrogen-bond acceptors (Lipinski definition) is 7. The summed E-state index contributed by atoms with van der Waals surface area (Å²) in [7, 11) is 1.56. The Morgan fingerprint density at radius 3 is 2.72 bits per heavy atom. The molecule has 0 aliphatic carbocycles. The zero-order valence-corrected chi connectivity index (χ0v) is 16.0. The molecular weight excluding hydrogens is 370 g/mol. The van der Waals surface area contributed by atoms with Gasteiger partial charge in [0, 0.05) is 5.56 Å². The fourth-order valence-corrected chi connectivity index (χ4v) is 2.64. The van der Waals surface area contributed by atoms with Gasteiger partial charge in [-0.3, -0.25) is 9.78 Å². The highest BCUT2D eigenvalue weighted by Gasteiger charge is 2.12. The van der Waals surface area contributed by atoms with Crippen LogP contribution in [0.15, 0.2) is 58.4 Å². The number of hydrogen-bond donors (Lipinski definition) is 2. The Labute approximate surface area is 167 Å². The van der Waals surface area contributed by atoms with Crippen LogP contribution in [0.25, 0.3) is 11.3 Å². The number of rotatable bonds is 7. The lowest BCUT2D eigenvalue weighted by Crippen LogP contribution is -2.16. The molecule has 3 aromatic rings. The molecule has 2 N–H and O–H groups in total. The second-order valence-electron chi connectivity index (χ2n) is 5.83. The Morgan fingerprint density at radius 2 is 2.03 bits per heavy atom. The van der Waals surface area contributed by atoms with Crippen LogP contribution in [0.2, 0.25) is 0 Å². The summed E-state index contributed by atoms with van der Waals surface area (Å²) in [5.74, 6) is 1.36. The number of benzene rings is 2. The van der Waals surface area contributed by atoms with E-state index in [1.807, 2.05) is 37.3 Å². The predicted octanol–water partition coefficient (Wildman–Crippen LogP) is 3.16. The molecular formula is C21H19N5O3. The van der Waals surface area contributed by atoms with Crippen molar-refractivity contribution in [2.24, 2.45) is 5.10 Å². The van der Waals surface area contributed by atoms with Crippen LogP contribution in [-0.4, -0.2) is 29.9 Å². The van der Waals surface area contributed by atoms with Gasteiger partial charge in [0.25, 0.3) is 5.56 Å².